The van der Waals surface area contributed by atoms with Crippen molar-refractivity contribution in [1.82, 2.24) is 15.5 Å². The van der Waals surface area contributed by atoms with Gasteiger partial charge in [0.2, 0.25) is 0 Å². The Morgan fingerprint density at radius 2 is 1.74 bits per heavy atom. The third kappa shape index (κ3) is 8.03. The van der Waals surface area contributed by atoms with Crippen molar-refractivity contribution in [2.24, 2.45) is 4.99 Å². The predicted molar refractivity (Wildman–Crippen MR) is 101 cm³/mol. The number of rotatable bonds is 7. The standard InChI is InChI=1S/C19H34N4/c1-7-20-18(22-19(4,5)6)21-14-16-11-10-12-17(13-16)15-23(8-2)9-3/h10-13H,7-9,14-15H2,1-6H3,(H2,20,21,22). The van der Waals surface area contributed by atoms with Gasteiger partial charge in [0.25, 0.3) is 0 Å². The topological polar surface area (TPSA) is 39.7 Å². The monoisotopic (exact) mass is 318 g/mol. The molecular weight excluding hydrogens is 284 g/mol. The van der Waals surface area contributed by atoms with Crippen LogP contribution in [0.1, 0.15) is 52.7 Å². The van der Waals surface area contributed by atoms with Crippen molar-refractivity contribution in [3.05, 3.63) is 35.4 Å². The van der Waals surface area contributed by atoms with Crippen LogP contribution >= 0.6 is 0 Å². The van der Waals surface area contributed by atoms with E-state index < -0.39 is 0 Å². The Kier molecular flexibility index (Phi) is 8.10. The molecule has 1 aromatic carbocycles. The third-order valence-corrected chi connectivity index (χ3v) is 3.55. The number of hydrogen-bond acceptors (Lipinski definition) is 2. The summed E-state index contributed by atoms with van der Waals surface area (Å²) >= 11 is 0. The van der Waals surface area contributed by atoms with Gasteiger partial charge in [0.05, 0.1) is 6.54 Å². The summed E-state index contributed by atoms with van der Waals surface area (Å²) in [4.78, 5) is 7.13. The van der Waals surface area contributed by atoms with Gasteiger partial charge in [-0.1, -0.05) is 38.1 Å². The van der Waals surface area contributed by atoms with Crippen LogP contribution in [0, 0.1) is 0 Å². The Balaban J connectivity index is 2.76. The molecule has 0 atom stereocenters. The third-order valence-electron chi connectivity index (χ3n) is 3.55. The lowest BCUT2D eigenvalue weighted by molar-refractivity contribution is 0.296. The molecule has 0 bridgehead atoms. The van der Waals surface area contributed by atoms with E-state index in [0.29, 0.717) is 6.54 Å². The first-order chi connectivity index (χ1) is 10.9. The van der Waals surface area contributed by atoms with E-state index in [0.717, 1.165) is 32.1 Å². The van der Waals surface area contributed by atoms with E-state index in [-0.39, 0.29) is 5.54 Å². The van der Waals surface area contributed by atoms with Gasteiger partial charge in [-0.2, -0.15) is 0 Å². The van der Waals surface area contributed by atoms with Crippen LogP contribution in [0.4, 0.5) is 0 Å². The molecule has 23 heavy (non-hydrogen) atoms. The molecule has 0 saturated heterocycles. The predicted octanol–water partition coefficient (Wildman–Crippen LogP) is 3.38. The Morgan fingerprint density at radius 1 is 1.09 bits per heavy atom. The van der Waals surface area contributed by atoms with E-state index >= 15 is 0 Å². The second-order valence-electron chi connectivity index (χ2n) is 6.85. The van der Waals surface area contributed by atoms with Gasteiger partial charge in [-0.05, 0) is 51.9 Å². The average Bonchev–Trinajstić information content (AvgIpc) is 2.49. The van der Waals surface area contributed by atoms with Crippen LogP contribution in [0.3, 0.4) is 0 Å². The van der Waals surface area contributed by atoms with Crippen LogP contribution in [0.15, 0.2) is 29.3 Å². The van der Waals surface area contributed by atoms with E-state index in [4.69, 9.17) is 4.99 Å². The highest BCUT2D eigenvalue weighted by Gasteiger charge is 2.11. The van der Waals surface area contributed by atoms with Crippen LogP contribution in [-0.4, -0.2) is 36.0 Å². The van der Waals surface area contributed by atoms with Crippen molar-refractivity contribution in [2.45, 2.75) is 60.2 Å². The fraction of sp³-hybridized carbons (Fsp3) is 0.632. The molecule has 0 amide bonds. The molecule has 0 unspecified atom stereocenters. The van der Waals surface area contributed by atoms with Crippen LogP contribution in [0.2, 0.25) is 0 Å². The normalized spacial score (nSPS) is 12.6. The van der Waals surface area contributed by atoms with Gasteiger partial charge in [-0.15, -0.1) is 0 Å². The lowest BCUT2D eigenvalue weighted by atomic mass is 10.1. The lowest BCUT2D eigenvalue weighted by Crippen LogP contribution is -2.47. The summed E-state index contributed by atoms with van der Waals surface area (Å²) < 4.78 is 0. The number of nitrogens with one attached hydrogen (secondary N) is 2. The molecule has 0 heterocycles. The van der Waals surface area contributed by atoms with E-state index in [9.17, 15) is 0 Å². The first-order valence-electron chi connectivity index (χ1n) is 8.74. The molecule has 1 aromatic rings. The number of nitrogens with zero attached hydrogens (tertiary/aromatic N) is 2. The van der Waals surface area contributed by atoms with Gasteiger partial charge < -0.3 is 10.6 Å². The largest absolute Gasteiger partial charge is 0.357 e. The molecule has 0 radical (unpaired) electrons. The van der Waals surface area contributed by atoms with Crippen molar-refractivity contribution < 1.29 is 0 Å². The first kappa shape index (κ1) is 19.5. The molecule has 1 rings (SSSR count). The van der Waals surface area contributed by atoms with Crippen molar-refractivity contribution in [1.29, 1.82) is 0 Å². The Morgan fingerprint density at radius 3 is 2.30 bits per heavy atom. The molecule has 0 spiro atoms. The van der Waals surface area contributed by atoms with Crippen LogP contribution in [0.5, 0.6) is 0 Å². The molecule has 0 fully saturated rings. The fourth-order valence-corrected chi connectivity index (χ4v) is 2.36. The van der Waals surface area contributed by atoms with E-state index in [1.54, 1.807) is 0 Å². The van der Waals surface area contributed by atoms with Crippen molar-refractivity contribution in [3.8, 4) is 0 Å². The number of guanidine groups is 1. The molecule has 130 valence electrons. The maximum atomic E-state index is 4.71. The number of aliphatic imine (C=N–C) groups is 1. The molecule has 4 nitrogen and oxygen atoms in total. The van der Waals surface area contributed by atoms with Crippen molar-refractivity contribution in [3.63, 3.8) is 0 Å². The summed E-state index contributed by atoms with van der Waals surface area (Å²) in [6.45, 7) is 17.7. The highest BCUT2D eigenvalue weighted by Crippen LogP contribution is 2.10. The Bertz CT molecular complexity index is 484. The first-order valence-corrected chi connectivity index (χ1v) is 8.74. The summed E-state index contributed by atoms with van der Waals surface area (Å²) in [7, 11) is 0. The van der Waals surface area contributed by atoms with Gasteiger partial charge in [0, 0.05) is 18.6 Å². The minimum absolute atomic E-state index is 0.00556. The van der Waals surface area contributed by atoms with Gasteiger partial charge in [0.1, 0.15) is 0 Å². The molecule has 4 heteroatoms. The molecule has 0 saturated carbocycles. The van der Waals surface area contributed by atoms with Gasteiger partial charge in [-0.25, -0.2) is 4.99 Å². The lowest BCUT2D eigenvalue weighted by Gasteiger charge is -2.23. The maximum Gasteiger partial charge on any atom is 0.191 e. The molecule has 2 N–H and O–H groups in total. The summed E-state index contributed by atoms with van der Waals surface area (Å²) in [6.07, 6.45) is 0. The minimum atomic E-state index is 0.00556. The summed E-state index contributed by atoms with van der Waals surface area (Å²) in [5.41, 5.74) is 2.61. The molecular formula is C19H34N4. The highest BCUT2D eigenvalue weighted by molar-refractivity contribution is 5.80. The van der Waals surface area contributed by atoms with Crippen molar-refractivity contribution >= 4 is 5.96 Å². The SMILES string of the molecule is CCNC(=NCc1cccc(CN(CC)CC)c1)NC(C)(C)C. The zero-order valence-electron chi connectivity index (χ0n) is 15.7. The van der Waals surface area contributed by atoms with Crippen molar-refractivity contribution in [2.75, 3.05) is 19.6 Å². The second-order valence-corrected chi connectivity index (χ2v) is 6.85. The van der Waals surface area contributed by atoms with Gasteiger partial charge in [-0.3, -0.25) is 4.90 Å². The quantitative estimate of drug-likeness (QED) is 0.598. The smallest absolute Gasteiger partial charge is 0.191 e. The summed E-state index contributed by atoms with van der Waals surface area (Å²) in [6, 6.07) is 8.75. The summed E-state index contributed by atoms with van der Waals surface area (Å²) in [5, 5.41) is 6.73. The van der Waals surface area contributed by atoms with E-state index in [1.165, 1.54) is 11.1 Å². The molecule has 0 aliphatic rings. The number of benzene rings is 1. The van der Waals surface area contributed by atoms with Crippen LogP contribution in [-0.2, 0) is 13.1 Å². The number of hydrogen-bond donors (Lipinski definition) is 2. The molecule has 0 aromatic heterocycles. The van der Waals surface area contributed by atoms with Gasteiger partial charge >= 0.3 is 0 Å². The van der Waals surface area contributed by atoms with Gasteiger partial charge in [0.15, 0.2) is 5.96 Å². The average molecular weight is 319 g/mol. The second kappa shape index (κ2) is 9.56. The van der Waals surface area contributed by atoms with E-state index in [2.05, 4.69) is 81.3 Å². The minimum Gasteiger partial charge on any atom is -0.357 e. The highest BCUT2D eigenvalue weighted by atomic mass is 15.2. The Hall–Kier alpha value is -1.55. The maximum absolute atomic E-state index is 4.71. The zero-order valence-corrected chi connectivity index (χ0v) is 15.7. The molecule has 0 aliphatic heterocycles. The molecule has 0 aliphatic carbocycles. The summed E-state index contributed by atoms with van der Waals surface area (Å²) in [5.74, 6) is 0.870. The van der Waals surface area contributed by atoms with E-state index in [1.807, 2.05) is 0 Å². The zero-order chi connectivity index (χ0) is 17.3. The Labute approximate surface area is 142 Å². The van der Waals surface area contributed by atoms with Crippen LogP contribution < -0.4 is 10.6 Å². The fourth-order valence-electron chi connectivity index (χ4n) is 2.36. The van der Waals surface area contributed by atoms with Crippen LogP contribution in [0.25, 0.3) is 0 Å².